The van der Waals surface area contributed by atoms with Crippen LogP contribution in [0.1, 0.15) is 36.5 Å². The van der Waals surface area contributed by atoms with Gasteiger partial charge in [0.2, 0.25) is 0 Å². The van der Waals surface area contributed by atoms with Crippen LogP contribution in [0, 0.1) is 11.8 Å². The Labute approximate surface area is 131 Å². The number of nitrogens with zero attached hydrogens (tertiary/aromatic N) is 3. The molecule has 1 atom stereocenters. The van der Waals surface area contributed by atoms with Gasteiger partial charge in [-0.3, -0.25) is 4.79 Å². The Bertz CT molecular complexity index is 509. The highest BCUT2D eigenvalue weighted by Crippen LogP contribution is 2.22. The fourth-order valence-electron chi connectivity index (χ4n) is 3.29. The topological polar surface area (TPSA) is 56.7 Å². The van der Waals surface area contributed by atoms with Gasteiger partial charge in [0, 0.05) is 44.9 Å². The Morgan fingerprint density at radius 3 is 2.64 bits per heavy atom. The SMILES string of the molecule is CC1CCN(c2ccc(C(=O)N3CCC(CO)C3)cn2)CC1. The number of aliphatic hydroxyl groups excluding tert-OH is 1. The van der Waals surface area contributed by atoms with Crippen molar-refractivity contribution in [3.8, 4) is 0 Å². The fourth-order valence-corrected chi connectivity index (χ4v) is 3.29. The molecule has 1 aromatic heterocycles. The summed E-state index contributed by atoms with van der Waals surface area (Å²) in [6, 6.07) is 3.85. The van der Waals surface area contributed by atoms with E-state index in [1.165, 1.54) is 12.8 Å². The van der Waals surface area contributed by atoms with E-state index in [2.05, 4.69) is 16.8 Å². The first kappa shape index (κ1) is 15.3. The first-order valence-corrected chi connectivity index (χ1v) is 8.28. The zero-order valence-electron chi connectivity index (χ0n) is 13.2. The number of amides is 1. The van der Waals surface area contributed by atoms with Crippen molar-refractivity contribution in [2.75, 3.05) is 37.7 Å². The average molecular weight is 303 g/mol. The molecular weight excluding hydrogens is 278 g/mol. The van der Waals surface area contributed by atoms with E-state index in [-0.39, 0.29) is 18.4 Å². The maximum absolute atomic E-state index is 12.4. The van der Waals surface area contributed by atoms with Crippen molar-refractivity contribution in [2.45, 2.75) is 26.2 Å². The summed E-state index contributed by atoms with van der Waals surface area (Å²) in [6.45, 7) is 5.94. The second-order valence-corrected chi connectivity index (χ2v) is 6.66. The molecule has 3 rings (SSSR count). The molecule has 2 saturated heterocycles. The number of anilines is 1. The third-order valence-electron chi connectivity index (χ3n) is 4.93. The predicted octanol–water partition coefficient (Wildman–Crippen LogP) is 1.77. The van der Waals surface area contributed by atoms with Crippen LogP contribution in [-0.2, 0) is 0 Å². The number of rotatable bonds is 3. The molecule has 1 unspecified atom stereocenters. The number of carbonyl (C=O) groups is 1. The Morgan fingerprint density at radius 1 is 1.27 bits per heavy atom. The molecule has 2 aliphatic rings. The molecule has 0 saturated carbocycles. The minimum Gasteiger partial charge on any atom is -0.396 e. The lowest BCUT2D eigenvalue weighted by Crippen LogP contribution is -2.33. The van der Waals surface area contributed by atoms with Crippen molar-refractivity contribution in [2.24, 2.45) is 11.8 Å². The summed E-state index contributed by atoms with van der Waals surface area (Å²) in [4.78, 5) is 21.0. The van der Waals surface area contributed by atoms with Crippen LogP contribution in [0.4, 0.5) is 5.82 Å². The van der Waals surface area contributed by atoms with Gasteiger partial charge in [0.15, 0.2) is 0 Å². The summed E-state index contributed by atoms with van der Waals surface area (Å²) in [7, 11) is 0. The maximum atomic E-state index is 12.4. The molecule has 0 aliphatic carbocycles. The third-order valence-corrected chi connectivity index (χ3v) is 4.93. The number of hydrogen-bond acceptors (Lipinski definition) is 4. The Kier molecular flexibility index (Phi) is 4.62. The lowest BCUT2D eigenvalue weighted by atomic mass is 9.99. The molecule has 1 aromatic rings. The smallest absolute Gasteiger partial charge is 0.255 e. The van der Waals surface area contributed by atoms with Gasteiger partial charge in [-0.2, -0.15) is 0 Å². The summed E-state index contributed by atoms with van der Waals surface area (Å²) in [5.74, 6) is 2.03. The number of hydrogen-bond donors (Lipinski definition) is 1. The van der Waals surface area contributed by atoms with Crippen LogP contribution in [-0.4, -0.2) is 53.7 Å². The van der Waals surface area contributed by atoms with Gasteiger partial charge in [-0.25, -0.2) is 4.98 Å². The van der Waals surface area contributed by atoms with Crippen LogP contribution in [0.2, 0.25) is 0 Å². The molecular formula is C17H25N3O2. The van der Waals surface area contributed by atoms with Gasteiger partial charge < -0.3 is 14.9 Å². The highest BCUT2D eigenvalue weighted by molar-refractivity contribution is 5.94. The minimum absolute atomic E-state index is 0.0299. The van der Waals surface area contributed by atoms with Gasteiger partial charge >= 0.3 is 0 Å². The standard InChI is InChI=1S/C17H25N3O2/c1-13-4-7-19(8-5-13)16-3-2-15(10-18-16)17(22)20-9-6-14(11-20)12-21/h2-3,10,13-14,21H,4-9,11-12H2,1H3. The largest absolute Gasteiger partial charge is 0.396 e. The average Bonchev–Trinajstić information content (AvgIpc) is 3.04. The van der Waals surface area contributed by atoms with E-state index in [1.807, 2.05) is 17.0 Å². The van der Waals surface area contributed by atoms with Crippen molar-refractivity contribution in [3.05, 3.63) is 23.9 Å². The summed E-state index contributed by atoms with van der Waals surface area (Å²) < 4.78 is 0. The quantitative estimate of drug-likeness (QED) is 0.924. The molecule has 1 N–H and O–H groups in total. The van der Waals surface area contributed by atoms with Crippen molar-refractivity contribution in [1.29, 1.82) is 0 Å². The molecule has 0 radical (unpaired) electrons. The molecule has 22 heavy (non-hydrogen) atoms. The molecule has 120 valence electrons. The normalized spacial score (nSPS) is 23.1. The van der Waals surface area contributed by atoms with Crippen LogP contribution >= 0.6 is 0 Å². The van der Waals surface area contributed by atoms with E-state index >= 15 is 0 Å². The van der Waals surface area contributed by atoms with Gasteiger partial charge in [0.1, 0.15) is 5.82 Å². The van der Waals surface area contributed by atoms with Crippen molar-refractivity contribution in [1.82, 2.24) is 9.88 Å². The van der Waals surface area contributed by atoms with Crippen LogP contribution in [0.15, 0.2) is 18.3 Å². The molecule has 0 bridgehead atoms. The zero-order chi connectivity index (χ0) is 15.5. The van der Waals surface area contributed by atoms with Crippen LogP contribution in [0.25, 0.3) is 0 Å². The second-order valence-electron chi connectivity index (χ2n) is 6.66. The highest BCUT2D eigenvalue weighted by atomic mass is 16.3. The number of carbonyl (C=O) groups excluding carboxylic acids is 1. The first-order valence-electron chi connectivity index (χ1n) is 8.28. The summed E-state index contributed by atoms with van der Waals surface area (Å²) >= 11 is 0. The van der Waals surface area contributed by atoms with Gasteiger partial charge in [-0.1, -0.05) is 6.92 Å². The van der Waals surface area contributed by atoms with E-state index in [0.717, 1.165) is 37.8 Å². The maximum Gasteiger partial charge on any atom is 0.255 e. The number of likely N-dealkylation sites (tertiary alicyclic amines) is 1. The van der Waals surface area contributed by atoms with E-state index in [4.69, 9.17) is 0 Å². The van der Waals surface area contributed by atoms with Crippen LogP contribution in [0.3, 0.4) is 0 Å². The van der Waals surface area contributed by atoms with Crippen LogP contribution in [0.5, 0.6) is 0 Å². The summed E-state index contributed by atoms with van der Waals surface area (Å²) in [6.07, 6.45) is 5.00. The Hall–Kier alpha value is -1.62. The second kappa shape index (κ2) is 6.65. The zero-order valence-corrected chi connectivity index (χ0v) is 13.2. The van der Waals surface area contributed by atoms with Crippen molar-refractivity contribution in [3.63, 3.8) is 0 Å². The third kappa shape index (κ3) is 3.24. The number of aliphatic hydroxyl groups is 1. The lowest BCUT2D eigenvalue weighted by Gasteiger charge is -2.31. The van der Waals surface area contributed by atoms with Crippen molar-refractivity contribution < 1.29 is 9.90 Å². The lowest BCUT2D eigenvalue weighted by molar-refractivity contribution is 0.0781. The molecule has 0 spiro atoms. The van der Waals surface area contributed by atoms with Gasteiger partial charge in [-0.15, -0.1) is 0 Å². The van der Waals surface area contributed by atoms with Crippen molar-refractivity contribution >= 4 is 11.7 Å². The van der Waals surface area contributed by atoms with Gasteiger partial charge in [0.25, 0.3) is 5.91 Å². The molecule has 0 aromatic carbocycles. The molecule has 2 fully saturated rings. The van der Waals surface area contributed by atoms with Gasteiger partial charge in [0.05, 0.1) is 5.56 Å². The molecule has 2 aliphatic heterocycles. The number of piperidine rings is 1. The van der Waals surface area contributed by atoms with E-state index < -0.39 is 0 Å². The van der Waals surface area contributed by atoms with Crippen LogP contribution < -0.4 is 4.90 Å². The summed E-state index contributed by atoms with van der Waals surface area (Å²) in [5, 5.41) is 9.18. The number of pyridine rings is 1. The van der Waals surface area contributed by atoms with E-state index in [1.54, 1.807) is 6.20 Å². The number of aromatic nitrogens is 1. The molecule has 5 nitrogen and oxygen atoms in total. The van der Waals surface area contributed by atoms with E-state index in [9.17, 15) is 9.90 Å². The minimum atomic E-state index is 0.0299. The highest BCUT2D eigenvalue weighted by Gasteiger charge is 2.26. The summed E-state index contributed by atoms with van der Waals surface area (Å²) in [5.41, 5.74) is 0.646. The Balaban J connectivity index is 1.63. The molecule has 3 heterocycles. The van der Waals surface area contributed by atoms with E-state index in [0.29, 0.717) is 12.1 Å². The monoisotopic (exact) mass is 303 g/mol. The Morgan fingerprint density at radius 2 is 2.05 bits per heavy atom. The predicted molar refractivity (Wildman–Crippen MR) is 85.9 cm³/mol. The van der Waals surface area contributed by atoms with Gasteiger partial charge in [-0.05, 0) is 37.3 Å². The molecule has 1 amide bonds. The fraction of sp³-hybridized carbons (Fsp3) is 0.647. The first-order chi connectivity index (χ1) is 10.7. The molecule has 5 heteroatoms.